The van der Waals surface area contributed by atoms with Gasteiger partial charge in [-0.15, -0.1) is 0 Å². The number of nitrogens with zero attached hydrogens (tertiary/aromatic N) is 4. The van der Waals surface area contributed by atoms with Crippen molar-refractivity contribution in [1.29, 1.82) is 0 Å². The summed E-state index contributed by atoms with van der Waals surface area (Å²) >= 11 is 0. The summed E-state index contributed by atoms with van der Waals surface area (Å²) in [5.74, 6) is 0.546. The summed E-state index contributed by atoms with van der Waals surface area (Å²) in [5.41, 5.74) is 2.97. The number of hydrogen-bond donors (Lipinski definition) is 0. The minimum Gasteiger partial charge on any atom is -0.480 e. The van der Waals surface area contributed by atoms with Crippen molar-refractivity contribution in [3.8, 4) is 17.1 Å². The van der Waals surface area contributed by atoms with E-state index < -0.39 is 0 Å². The topological polar surface area (TPSA) is 58.6 Å². The van der Waals surface area contributed by atoms with Gasteiger partial charge in [-0.05, 0) is 31.3 Å². The first-order valence-electron chi connectivity index (χ1n) is 9.04. The Hall–Kier alpha value is -2.99. The first kappa shape index (κ1) is 17.4. The third-order valence-corrected chi connectivity index (χ3v) is 4.96. The van der Waals surface area contributed by atoms with Gasteiger partial charge >= 0.3 is 0 Å². The molecule has 3 aromatic rings. The molecule has 0 bridgehead atoms. The number of para-hydroxylation sites is 1. The van der Waals surface area contributed by atoms with E-state index in [0.29, 0.717) is 17.1 Å². The minimum atomic E-state index is 0.0412. The molecule has 0 N–H and O–H groups in total. The van der Waals surface area contributed by atoms with Gasteiger partial charge in [0.05, 0.1) is 23.9 Å². The van der Waals surface area contributed by atoms with Crippen LogP contribution in [0.5, 0.6) is 5.88 Å². The Labute approximate surface area is 158 Å². The molecule has 0 spiro atoms. The second kappa shape index (κ2) is 7.32. The summed E-state index contributed by atoms with van der Waals surface area (Å²) < 4.78 is 5.48. The number of fused-ring (bicyclic) bond motifs is 1. The molecule has 1 saturated heterocycles. The lowest BCUT2D eigenvalue weighted by Gasteiger charge is -2.32. The van der Waals surface area contributed by atoms with Crippen molar-refractivity contribution in [2.75, 3.05) is 40.3 Å². The van der Waals surface area contributed by atoms with E-state index in [-0.39, 0.29) is 5.91 Å². The van der Waals surface area contributed by atoms with E-state index in [4.69, 9.17) is 4.74 Å². The lowest BCUT2D eigenvalue weighted by Crippen LogP contribution is -2.47. The average Bonchev–Trinajstić information content (AvgIpc) is 2.73. The Morgan fingerprint density at radius 1 is 1.07 bits per heavy atom. The Morgan fingerprint density at radius 2 is 1.85 bits per heavy atom. The maximum atomic E-state index is 12.9. The van der Waals surface area contributed by atoms with Gasteiger partial charge in [0, 0.05) is 43.3 Å². The lowest BCUT2D eigenvalue weighted by atomic mass is 10.1. The first-order chi connectivity index (χ1) is 13.2. The summed E-state index contributed by atoms with van der Waals surface area (Å²) in [5, 5.41) is 1.01. The molecule has 3 heterocycles. The predicted molar refractivity (Wildman–Crippen MR) is 105 cm³/mol. The monoisotopic (exact) mass is 362 g/mol. The number of carbonyl (C=O) groups excluding carboxylic acids is 1. The smallest absolute Gasteiger partial charge is 0.254 e. The van der Waals surface area contributed by atoms with Gasteiger partial charge in [-0.3, -0.25) is 9.78 Å². The van der Waals surface area contributed by atoms with E-state index in [1.807, 2.05) is 41.3 Å². The lowest BCUT2D eigenvalue weighted by molar-refractivity contribution is 0.0664. The van der Waals surface area contributed by atoms with Crippen LogP contribution in [0.15, 0.2) is 48.7 Å². The molecule has 2 aromatic heterocycles. The van der Waals surface area contributed by atoms with Crippen molar-refractivity contribution in [2.24, 2.45) is 0 Å². The molecule has 0 aliphatic carbocycles. The molecular weight excluding hydrogens is 340 g/mol. The minimum absolute atomic E-state index is 0.0412. The normalized spacial score (nSPS) is 15.1. The zero-order valence-corrected chi connectivity index (χ0v) is 15.6. The highest BCUT2D eigenvalue weighted by molar-refractivity contribution is 5.95. The van der Waals surface area contributed by atoms with Crippen LogP contribution in [0, 0.1) is 0 Å². The fourth-order valence-electron chi connectivity index (χ4n) is 3.34. The van der Waals surface area contributed by atoms with Crippen LogP contribution in [0.2, 0.25) is 0 Å². The molecule has 6 heteroatoms. The maximum absolute atomic E-state index is 12.9. The first-order valence-corrected chi connectivity index (χ1v) is 9.04. The molecule has 6 nitrogen and oxygen atoms in total. The molecule has 0 atom stereocenters. The van der Waals surface area contributed by atoms with Crippen LogP contribution in [-0.4, -0.2) is 66.0 Å². The molecule has 1 aliphatic rings. The average molecular weight is 362 g/mol. The van der Waals surface area contributed by atoms with Crippen molar-refractivity contribution in [3.05, 3.63) is 54.2 Å². The van der Waals surface area contributed by atoms with Gasteiger partial charge in [-0.1, -0.05) is 18.2 Å². The largest absolute Gasteiger partial charge is 0.480 e. The van der Waals surface area contributed by atoms with E-state index in [1.165, 1.54) is 0 Å². The van der Waals surface area contributed by atoms with Gasteiger partial charge in [-0.25, -0.2) is 4.98 Å². The molecule has 0 radical (unpaired) electrons. The van der Waals surface area contributed by atoms with Crippen LogP contribution in [-0.2, 0) is 0 Å². The van der Waals surface area contributed by atoms with Gasteiger partial charge in [0.15, 0.2) is 0 Å². The fraction of sp³-hybridized carbons (Fsp3) is 0.286. The molecule has 0 saturated carbocycles. The highest BCUT2D eigenvalue weighted by Gasteiger charge is 2.21. The predicted octanol–water partition coefficient (Wildman–Crippen LogP) is 2.69. The molecule has 4 rings (SSSR count). The van der Waals surface area contributed by atoms with Crippen LogP contribution in [0.4, 0.5) is 0 Å². The Kier molecular flexibility index (Phi) is 4.73. The van der Waals surface area contributed by atoms with E-state index in [2.05, 4.69) is 21.9 Å². The molecule has 1 aliphatic heterocycles. The molecule has 1 fully saturated rings. The number of ether oxygens (including phenoxy) is 1. The number of aromatic nitrogens is 2. The third kappa shape index (κ3) is 3.48. The number of hydrogen-bond acceptors (Lipinski definition) is 5. The summed E-state index contributed by atoms with van der Waals surface area (Å²) in [6.45, 7) is 3.28. The second-order valence-corrected chi connectivity index (χ2v) is 6.76. The molecule has 1 aromatic carbocycles. The van der Waals surface area contributed by atoms with Gasteiger partial charge in [0.2, 0.25) is 5.88 Å². The number of benzene rings is 1. The molecule has 1 amide bonds. The summed E-state index contributed by atoms with van der Waals surface area (Å²) in [6, 6.07) is 13.5. The van der Waals surface area contributed by atoms with Crippen molar-refractivity contribution in [2.45, 2.75) is 0 Å². The number of piperazine rings is 1. The summed E-state index contributed by atoms with van der Waals surface area (Å²) in [4.78, 5) is 26.1. The van der Waals surface area contributed by atoms with Gasteiger partial charge in [0.25, 0.3) is 5.91 Å². The third-order valence-electron chi connectivity index (χ3n) is 4.96. The van der Waals surface area contributed by atoms with Crippen molar-refractivity contribution >= 4 is 16.8 Å². The van der Waals surface area contributed by atoms with Crippen LogP contribution >= 0.6 is 0 Å². The highest BCUT2D eigenvalue weighted by Crippen LogP contribution is 2.30. The number of rotatable bonds is 3. The van der Waals surface area contributed by atoms with E-state index in [0.717, 1.165) is 42.6 Å². The summed E-state index contributed by atoms with van der Waals surface area (Å²) in [6.07, 6.45) is 1.67. The highest BCUT2D eigenvalue weighted by atomic mass is 16.5. The van der Waals surface area contributed by atoms with Crippen LogP contribution in [0.3, 0.4) is 0 Å². The van der Waals surface area contributed by atoms with Crippen LogP contribution < -0.4 is 4.74 Å². The number of carbonyl (C=O) groups is 1. The van der Waals surface area contributed by atoms with E-state index in [9.17, 15) is 4.79 Å². The van der Waals surface area contributed by atoms with Gasteiger partial charge in [0.1, 0.15) is 0 Å². The number of amides is 1. The standard InChI is InChI=1S/C21H22N4O2/c1-24-9-11-25(12-10-24)21(26)16-7-8-22-19(14-16)17-13-15-5-3-4-6-18(15)23-20(17)27-2/h3-8,13-14H,9-12H2,1-2H3. The van der Waals surface area contributed by atoms with E-state index >= 15 is 0 Å². The van der Waals surface area contributed by atoms with Gasteiger partial charge < -0.3 is 14.5 Å². The zero-order valence-electron chi connectivity index (χ0n) is 15.6. The quantitative estimate of drug-likeness (QED) is 0.717. The zero-order chi connectivity index (χ0) is 18.8. The Balaban J connectivity index is 1.70. The Morgan fingerprint density at radius 3 is 2.63 bits per heavy atom. The molecular formula is C21H22N4O2. The van der Waals surface area contributed by atoms with Gasteiger partial charge in [-0.2, -0.15) is 0 Å². The van der Waals surface area contributed by atoms with Crippen molar-refractivity contribution in [3.63, 3.8) is 0 Å². The van der Waals surface area contributed by atoms with Crippen LogP contribution in [0.25, 0.3) is 22.2 Å². The fourth-order valence-corrected chi connectivity index (χ4v) is 3.34. The van der Waals surface area contributed by atoms with E-state index in [1.54, 1.807) is 19.4 Å². The van der Waals surface area contributed by atoms with Crippen LogP contribution in [0.1, 0.15) is 10.4 Å². The Bertz CT molecular complexity index is 981. The molecule has 27 heavy (non-hydrogen) atoms. The van der Waals surface area contributed by atoms with Crippen molar-refractivity contribution in [1.82, 2.24) is 19.8 Å². The second-order valence-electron chi connectivity index (χ2n) is 6.76. The number of methoxy groups -OCH3 is 1. The molecule has 0 unspecified atom stereocenters. The number of pyridine rings is 2. The van der Waals surface area contributed by atoms with Crippen molar-refractivity contribution < 1.29 is 9.53 Å². The number of likely N-dealkylation sites (N-methyl/N-ethyl adjacent to an activating group) is 1. The maximum Gasteiger partial charge on any atom is 0.254 e. The summed E-state index contributed by atoms with van der Waals surface area (Å²) in [7, 11) is 3.67. The SMILES string of the molecule is COc1nc2ccccc2cc1-c1cc(C(=O)N2CCN(C)CC2)ccn1. The molecule has 138 valence electrons.